The van der Waals surface area contributed by atoms with Crippen LogP contribution in [0.2, 0.25) is 0 Å². The van der Waals surface area contributed by atoms with Crippen LogP contribution in [-0.4, -0.2) is 44.2 Å². The monoisotopic (exact) mass is 354 g/mol. The number of carbonyl (C=O) groups excluding carboxylic acids is 1. The molecule has 2 N–H and O–H groups in total. The lowest BCUT2D eigenvalue weighted by atomic mass is 10.1. The standard InChI is InChI=1S/C21H26N2O3/c1-3-15-26-19-10-9-18(16-20(19)25-2)21(24)23(14-12-22)13-11-17-7-5-4-6-8-17/h3-10,16H,1,11-15,22H2,2H3. The second-order valence-electron chi connectivity index (χ2n) is 5.78. The van der Waals surface area contributed by atoms with Crippen LogP contribution in [-0.2, 0) is 6.42 Å². The number of nitrogens with zero attached hydrogens (tertiary/aromatic N) is 1. The summed E-state index contributed by atoms with van der Waals surface area (Å²) in [6, 6.07) is 15.3. The van der Waals surface area contributed by atoms with Crippen LogP contribution in [0.4, 0.5) is 0 Å². The van der Waals surface area contributed by atoms with E-state index < -0.39 is 0 Å². The van der Waals surface area contributed by atoms with Gasteiger partial charge in [0.05, 0.1) is 7.11 Å². The summed E-state index contributed by atoms with van der Waals surface area (Å²) in [6.07, 6.45) is 2.44. The largest absolute Gasteiger partial charge is 0.493 e. The zero-order valence-corrected chi connectivity index (χ0v) is 15.2. The van der Waals surface area contributed by atoms with Gasteiger partial charge >= 0.3 is 0 Å². The summed E-state index contributed by atoms with van der Waals surface area (Å²) in [6.45, 7) is 5.53. The highest BCUT2D eigenvalue weighted by molar-refractivity contribution is 5.95. The number of benzene rings is 2. The van der Waals surface area contributed by atoms with Gasteiger partial charge in [-0.05, 0) is 30.2 Å². The molecule has 0 saturated heterocycles. The van der Waals surface area contributed by atoms with Crippen LogP contribution in [0.15, 0.2) is 61.2 Å². The minimum atomic E-state index is -0.0695. The number of nitrogens with two attached hydrogens (primary N) is 1. The molecule has 0 radical (unpaired) electrons. The molecule has 0 saturated carbocycles. The van der Waals surface area contributed by atoms with Crippen molar-refractivity contribution in [1.29, 1.82) is 0 Å². The summed E-state index contributed by atoms with van der Waals surface area (Å²) in [7, 11) is 1.55. The Bertz CT molecular complexity index is 716. The van der Waals surface area contributed by atoms with E-state index in [1.54, 1.807) is 36.3 Å². The average Bonchev–Trinajstić information content (AvgIpc) is 2.69. The quantitative estimate of drug-likeness (QED) is 0.666. The van der Waals surface area contributed by atoms with E-state index in [0.717, 1.165) is 6.42 Å². The lowest BCUT2D eigenvalue weighted by molar-refractivity contribution is 0.0761. The highest BCUT2D eigenvalue weighted by Crippen LogP contribution is 2.28. The first-order valence-electron chi connectivity index (χ1n) is 8.64. The molecule has 0 spiro atoms. The lowest BCUT2D eigenvalue weighted by Crippen LogP contribution is -2.37. The van der Waals surface area contributed by atoms with Gasteiger partial charge in [-0.3, -0.25) is 4.79 Å². The molecule has 0 aliphatic rings. The van der Waals surface area contributed by atoms with Crippen molar-refractivity contribution in [3.63, 3.8) is 0 Å². The molecule has 0 aliphatic heterocycles. The van der Waals surface area contributed by atoms with Gasteiger partial charge in [-0.1, -0.05) is 43.0 Å². The summed E-state index contributed by atoms with van der Waals surface area (Å²) < 4.78 is 10.9. The predicted octanol–water partition coefficient (Wildman–Crippen LogP) is 2.90. The minimum absolute atomic E-state index is 0.0695. The minimum Gasteiger partial charge on any atom is -0.493 e. The zero-order chi connectivity index (χ0) is 18.8. The molecule has 2 aromatic rings. The van der Waals surface area contributed by atoms with Crippen molar-refractivity contribution in [2.45, 2.75) is 6.42 Å². The number of methoxy groups -OCH3 is 1. The maximum absolute atomic E-state index is 12.9. The molecule has 2 aromatic carbocycles. The second kappa shape index (κ2) is 10.3. The van der Waals surface area contributed by atoms with Gasteiger partial charge in [0.25, 0.3) is 5.91 Å². The van der Waals surface area contributed by atoms with Crippen molar-refractivity contribution in [1.82, 2.24) is 4.90 Å². The average molecular weight is 354 g/mol. The molecule has 2 rings (SSSR count). The highest BCUT2D eigenvalue weighted by atomic mass is 16.5. The van der Waals surface area contributed by atoms with Crippen molar-refractivity contribution in [2.75, 3.05) is 33.4 Å². The Morgan fingerprint density at radius 3 is 2.58 bits per heavy atom. The van der Waals surface area contributed by atoms with E-state index in [1.165, 1.54) is 5.56 Å². The Labute approximate surface area is 155 Å². The lowest BCUT2D eigenvalue weighted by Gasteiger charge is -2.22. The molecule has 26 heavy (non-hydrogen) atoms. The van der Waals surface area contributed by atoms with Gasteiger partial charge in [0, 0.05) is 25.2 Å². The second-order valence-corrected chi connectivity index (χ2v) is 5.78. The maximum Gasteiger partial charge on any atom is 0.254 e. The van der Waals surface area contributed by atoms with E-state index in [2.05, 4.69) is 18.7 Å². The van der Waals surface area contributed by atoms with Crippen molar-refractivity contribution in [3.05, 3.63) is 72.3 Å². The first-order chi connectivity index (χ1) is 12.7. The fourth-order valence-electron chi connectivity index (χ4n) is 2.63. The summed E-state index contributed by atoms with van der Waals surface area (Å²) in [5, 5.41) is 0. The van der Waals surface area contributed by atoms with Crippen LogP contribution >= 0.6 is 0 Å². The predicted molar refractivity (Wildman–Crippen MR) is 104 cm³/mol. The molecule has 1 amide bonds. The van der Waals surface area contributed by atoms with E-state index in [0.29, 0.717) is 43.3 Å². The first-order valence-corrected chi connectivity index (χ1v) is 8.64. The zero-order valence-electron chi connectivity index (χ0n) is 15.2. The van der Waals surface area contributed by atoms with Crippen LogP contribution in [0.1, 0.15) is 15.9 Å². The van der Waals surface area contributed by atoms with Gasteiger partial charge in [0.1, 0.15) is 6.61 Å². The molecule has 0 bridgehead atoms. The number of carbonyl (C=O) groups is 1. The fraction of sp³-hybridized carbons (Fsp3) is 0.286. The van der Waals surface area contributed by atoms with Crippen molar-refractivity contribution in [3.8, 4) is 11.5 Å². The van der Waals surface area contributed by atoms with Gasteiger partial charge in [-0.2, -0.15) is 0 Å². The van der Waals surface area contributed by atoms with Gasteiger partial charge in [0.15, 0.2) is 11.5 Å². The number of amides is 1. The van der Waals surface area contributed by atoms with E-state index in [1.807, 2.05) is 18.2 Å². The van der Waals surface area contributed by atoms with Gasteiger partial charge in [0.2, 0.25) is 0 Å². The maximum atomic E-state index is 12.9. The van der Waals surface area contributed by atoms with E-state index >= 15 is 0 Å². The topological polar surface area (TPSA) is 64.8 Å². The van der Waals surface area contributed by atoms with Crippen molar-refractivity contribution >= 4 is 5.91 Å². The van der Waals surface area contributed by atoms with Gasteiger partial charge in [-0.15, -0.1) is 0 Å². The smallest absolute Gasteiger partial charge is 0.254 e. The molecule has 138 valence electrons. The normalized spacial score (nSPS) is 10.2. The van der Waals surface area contributed by atoms with Crippen LogP contribution in [0.25, 0.3) is 0 Å². The Morgan fingerprint density at radius 1 is 1.15 bits per heavy atom. The van der Waals surface area contributed by atoms with Crippen molar-refractivity contribution in [2.24, 2.45) is 5.73 Å². The van der Waals surface area contributed by atoms with Crippen LogP contribution in [0.5, 0.6) is 11.5 Å². The van der Waals surface area contributed by atoms with Crippen LogP contribution < -0.4 is 15.2 Å². The Balaban J connectivity index is 2.12. The Hall–Kier alpha value is -2.79. The molecule has 5 nitrogen and oxygen atoms in total. The third-order valence-electron chi connectivity index (χ3n) is 3.97. The molecule has 0 aromatic heterocycles. The van der Waals surface area contributed by atoms with Crippen LogP contribution in [0.3, 0.4) is 0 Å². The number of hydrogen-bond donors (Lipinski definition) is 1. The number of ether oxygens (including phenoxy) is 2. The highest BCUT2D eigenvalue weighted by Gasteiger charge is 2.17. The van der Waals surface area contributed by atoms with E-state index in [9.17, 15) is 4.79 Å². The molecular weight excluding hydrogens is 328 g/mol. The molecule has 0 atom stereocenters. The Kier molecular flexibility index (Phi) is 7.71. The first kappa shape index (κ1) is 19.5. The molecule has 0 aliphatic carbocycles. The summed E-state index contributed by atoms with van der Waals surface area (Å²) in [4.78, 5) is 14.7. The molecule has 0 heterocycles. The van der Waals surface area contributed by atoms with Crippen LogP contribution in [0, 0.1) is 0 Å². The molecular formula is C21H26N2O3. The fourth-order valence-corrected chi connectivity index (χ4v) is 2.63. The molecule has 0 fully saturated rings. The third kappa shape index (κ3) is 5.36. The summed E-state index contributed by atoms with van der Waals surface area (Å²) in [5.41, 5.74) is 7.44. The summed E-state index contributed by atoms with van der Waals surface area (Å²) >= 11 is 0. The number of hydrogen-bond acceptors (Lipinski definition) is 4. The Morgan fingerprint density at radius 2 is 1.92 bits per heavy atom. The van der Waals surface area contributed by atoms with E-state index in [4.69, 9.17) is 15.2 Å². The third-order valence-corrected chi connectivity index (χ3v) is 3.97. The van der Waals surface area contributed by atoms with Crippen molar-refractivity contribution < 1.29 is 14.3 Å². The van der Waals surface area contributed by atoms with Gasteiger partial charge < -0.3 is 20.1 Å². The molecule has 0 unspecified atom stereocenters. The SMILES string of the molecule is C=CCOc1ccc(C(=O)N(CCN)CCc2ccccc2)cc1OC. The molecule has 5 heteroatoms. The number of rotatable bonds is 10. The van der Waals surface area contributed by atoms with E-state index in [-0.39, 0.29) is 5.91 Å². The van der Waals surface area contributed by atoms with Gasteiger partial charge in [-0.25, -0.2) is 0 Å². The summed E-state index contributed by atoms with van der Waals surface area (Å²) in [5.74, 6) is 1.03.